The van der Waals surface area contributed by atoms with E-state index in [0.717, 1.165) is 6.42 Å². The number of hydrogen-bond acceptors (Lipinski definition) is 1. The van der Waals surface area contributed by atoms with Crippen LogP contribution in [0.2, 0.25) is 0 Å². The zero-order valence-electron chi connectivity index (χ0n) is 5.89. The lowest BCUT2D eigenvalue weighted by Crippen LogP contribution is -2.13. The topological polar surface area (TPSA) is 43.1 Å². The molecule has 0 radical (unpaired) electrons. The number of hydrogen-bond donors (Lipinski definition) is 1. The minimum atomic E-state index is -0.195. The molecule has 56 valence electrons. The first-order valence-electron chi connectivity index (χ1n) is 2.95. The van der Waals surface area contributed by atoms with Gasteiger partial charge in [0.25, 0.3) is 0 Å². The van der Waals surface area contributed by atoms with Crippen LogP contribution in [0.4, 0.5) is 0 Å². The molecule has 2 N–H and O–H groups in total. The molecule has 0 aliphatic carbocycles. The number of primary amides is 1. The molecule has 0 aliphatic rings. The molecule has 0 fully saturated rings. The Kier molecular flexibility index (Phi) is 7.55. The molecule has 0 spiro atoms. The fraction of sp³-hybridized carbons (Fsp3) is 0.833. The Morgan fingerprint density at radius 2 is 2.11 bits per heavy atom. The summed E-state index contributed by atoms with van der Waals surface area (Å²) in [5, 5.41) is 0. The molecular formula is C6H14ClNO. The first-order chi connectivity index (χ1) is 3.66. The summed E-state index contributed by atoms with van der Waals surface area (Å²) in [6.07, 6.45) is 1.55. The van der Waals surface area contributed by atoms with Crippen molar-refractivity contribution in [1.82, 2.24) is 0 Å². The highest BCUT2D eigenvalue weighted by Crippen LogP contribution is 2.03. The van der Waals surface area contributed by atoms with Crippen LogP contribution in [0.1, 0.15) is 26.7 Å². The molecule has 1 amide bonds. The Bertz CT molecular complexity index is 85.1. The molecule has 1 unspecified atom stereocenters. The van der Waals surface area contributed by atoms with E-state index >= 15 is 0 Å². The van der Waals surface area contributed by atoms with Gasteiger partial charge in [0.1, 0.15) is 0 Å². The van der Waals surface area contributed by atoms with Crippen LogP contribution in [0.5, 0.6) is 0 Å². The number of carbonyl (C=O) groups excluding carboxylic acids is 1. The van der Waals surface area contributed by atoms with Crippen LogP contribution in [0.15, 0.2) is 0 Å². The molecule has 0 aromatic heterocycles. The first-order valence-corrected chi connectivity index (χ1v) is 2.95. The van der Waals surface area contributed by atoms with Gasteiger partial charge in [-0.25, -0.2) is 0 Å². The molecule has 0 saturated carbocycles. The molecule has 0 aliphatic heterocycles. The van der Waals surface area contributed by atoms with E-state index in [1.807, 2.05) is 13.8 Å². The van der Waals surface area contributed by atoms with Crippen LogP contribution >= 0.6 is 12.4 Å². The van der Waals surface area contributed by atoms with Crippen LogP contribution < -0.4 is 5.73 Å². The van der Waals surface area contributed by atoms with Gasteiger partial charge in [0.15, 0.2) is 0 Å². The second-order valence-electron chi connectivity index (χ2n) is 2.18. The average Bonchev–Trinajstić information content (AvgIpc) is 1.65. The Labute approximate surface area is 62.2 Å². The van der Waals surface area contributed by atoms with E-state index in [9.17, 15) is 4.79 Å². The second kappa shape index (κ2) is 5.89. The highest BCUT2D eigenvalue weighted by molar-refractivity contribution is 5.85. The summed E-state index contributed by atoms with van der Waals surface area (Å²) in [5.41, 5.74) is 4.93. The number of carbonyl (C=O) groups is 1. The van der Waals surface area contributed by atoms with Crippen LogP contribution in [0.3, 0.4) is 0 Å². The van der Waals surface area contributed by atoms with Crippen molar-refractivity contribution in [3.63, 3.8) is 0 Å². The lowest BCUT2D eigenvalue weighted by Gasteiger charge is -2.01. The lowest BCUT2D eigenvalue weighted by atomic mass is 10.1. The summed E-state index contributed by atoms with van der Waals surface area (Å²) in [6, 6.07) is 0. The molecule has 0 saturated heterocycles. The maximum atomic E-state index is 10.2. The van der Waals surface area contributed by atoms with Crippen molar-refractivity contribution < 1.29 is 4.79 Å². The van der Waals surface area contributed by atoms with E-state index in [2.05, 4.69) is 0 Å². The van der Waals surface area contributed by atoms with Crippen LogP contribution in [-0.2, 0) is 4.79 Å². The van der Waals surface area contributed by atoms with Gasteiger partial charge in [-0.2, -0.15) is 0 Å². The second-order valence-corrected chi connectivity index (χ2v) is 2.18. The van der Waals surface area contributed by atoms with Gasteiger partial charge in [-0.05, 0) is 5.92 Å². The largest absolute Gasteiger partial charge is 0.370 e. The van der Waals surface area contributed by atoms with E-state index in [-0.39, 0.29) is 18.3 Å². The monoisotopic (exact) mass is 151 g/mol. The number of halogens is 1. The number of amides is 1. The summed E-state index contributed by atoms with van der Waals surface area (Å²) < 4.78 is 0. The Morgan fingerprint density at radius 1 is 1.67 bits per heavy atom. The summed E-state index contributed by atoms with van der Waals surface area (Å²) in [7, 11) is 0. The molecule has 0 heterocycles. The zero-order valence-corrected chi connectivity index (χ0v) is 6.70. The van der Waals surface area contributed by atoms with Crippen molar-refractivity contribution in [3.05, 3.63) is 0 Å². The standard InChI is InChI=1S/C6H13NO.ClH/c1-3-5(2)4-6(7)8;/h5H,3-4H2,1-2H3,(H2,7,8);1H. The molecule has 0 aromatic carbocycles. The third kappa shape index (κ3) is 7.76. The molecule has 9 heavy (non-hydrogen) atoms. The maximum absolute atomic E-state index is 10.2. The number of rotatable bonds is 3. The van der Waals surface area contributed by atoms with Crippen LogP contribution in [0.25, 0.3) is 0 Å². The molecule has 1 atom stereocenters. The van der Waals surface area contributed by atoms with Crippen molar-refractivity contribution in [2.45, 2.75) is 26.7 Å². The van der Waals surface area contributed by atoms with Crippen molar-refractivity contribution in [3.8, 4) is 0 Å². The summed E-state index contributed by atoms with van der Waals surface area (Å²) >= 11 is 0. The molecular weight excluding hydrogens is 138 g/mol. The normalized spacial score (nSPS) is 11.8. The Balaban J connectivity index is 0. The fourth-order valence-electron chi connectivity index (χ4n) is 0.488. The minimum absolute atomic E-state index is 0. The quantitative estimate of drug-likeness (QED) is 0.650. The van der Waals surface area contributed by atoms with Crippen LogP contribution in [0, 0.1) is 5.92 Å². The van der Waals surface area contributed by atoms with Crippen molar-refractivity contribution in [2.24, 2.45) is 11.7 Å². The van der Waals surface area contributed by atoms with Crippen LogP contribution in [-0.4, -0.2) is 5.91 Å². The van der Waals surface area contributed by atoms with Gasteiger partial charge in [-0.15, -0.1) is 12.4 Å². The number of nitrogens with two attached hydrogens (primary N) is 1. The Hall–Kier alpha value is -0.240. The van der Waals surface area contributed by atoms with Gasteiger partial charge in [0, 0.05) is 6.42 Å². The third-order valence-corrected chi connectivity index (χ3v) is 1.25. The van der Waals surface area contributed by atoms with Gasteiger partial charge in [-0.3, -0.25) is 4.79 Å². The Morgan fingerprint density at radius 3 is 2.22 bits per heavy atom. The predicted molar refractivity (Wildman–Crippen MR) is 40.5 cm³/mol. The molecule has 0 rings (SSSR count). The van der Waals surface area contributed by atoms with Gasteiger partial charge in [0.2, 0.25) is 5.91 Å². The van der Waals surface area contributed by atoms with Crippen molar-refractivity contribution >= 4 is 18.3 Å². The van der Waals surface area contributed by atoms with E-state index < -0.39 is 0 Å². The zero-order chi connectivity index (χ0) is 6.57. The van der Waals surface area contributed by atoms with E-state index in [1.165, 1.54) is 0 Å². The van der Waals surface area contributed by atoms with Gasteiger partial charge in [-0.1, -0.05) is 20.3 Å². The predicted octanol–water partition coefficient (Wildman–Crippen LogP) is 1.33. The summed E-state index contributed by atoms with van der Waals surface area (Å²) in [6.45, 7) is 4.07. The van der Waals surface area contributed by atoms with Gasteiger partial charge in [0.05, 0.1) is 0 Å². The maximum Gasteiger partial charge on any atom is 0.217 e. The highest BCUT2D eigenvalue weighted by atomic mass is 35.5. The molecule has 2 nitrogen and oxygen atoms in total. The molecule has 3 heteroatoms. The molecule has 0 bridgehead atoms. The fourth-order valence-corrected chi connectivity index (χ4v) is 0.488. The summed E-state index contributed by atoms with van der Waals surface area (Å²) in [4.78, 5) is 10.2. The first kappa shape index (κ1) is 11.5. The smallest absolute Gasteiger partial charge is 0.217 e. The van der Waals surface area contributed by atoms with Crippen molar-refractivity contribution in [2.75, 3.05) is 0 Å². The van der Waals surface area contributed by atoms with E-state index in [1.54, 1.807) is 0 Å². The van der Waals surface area contributed by atoms with Gasteiger partial charge >= 0.3 is 0 Å². The minimum Gasteiger partial charge on any atom is -0.370 e. The van der Waals surface area contributed by atoms with Crippen molar-refractivity contribution in [1.29, 1.82) is 0 Å². The molecule has 0 aromatic rings. The van der Waals surface area contributed by atoms with Gasteiger partial charge < -0.3 is 5.73 Å². The lowest BCUT2D eigenvalue weighted by molar-refractivity contribution is -0.118. The van der Waals surface area contributed by atoms with E-state index in [0.29, 0.717) is 12.3 Å². The SMILES string of the molecule is CCC(C)CC(N)=O.Cl. The highest BCUT2D eigenvalue weighted by Gasteiger charge is 2.00. The van der Waals surface area contributed by atoms with E-state index in [4.69, 9.17) is 5.73 Å². The average molecular weight is 152 g/mol. The third-order valence-electron chi connectivity index (χ3n) is 1.25. The summed E-state index contributed by atoms with van der Waals surface area (Å²) in [5.74, 6) is 0.256.